The van der Waals surface area contributed by atoms with E-state index in [1.807, 2.05) is 20.8 Å². The molecule has 1 aliphatic carbocycles. The molecule has 0 unspecified atom stereocenters. The maximum absolute atomic E-state index is 11.9. The zero-order valence-electron chi connectivity index (χ0n) is 11.3. The molecule has 4 heteroatoms. The van der Waals surface area contributed by atoms with Crippen molar-refractivity contribution in [2.75, 3.05) is 0 Å². The number of carbonyl (C=O) groups is 2. The van der Waals surface area contributed by atoms with Crippen molar-refractivity contribution in [1.82, 2.24) is 0 Å². The van der Waals surface area contributed by atoms with Gasteiger partial charge in [0.15, 0.2) is 17.2 Å². The third-order valence-corrected chi connectivity index (χ3v) is 3.17. The van der Waals surface area contributed by atoms with Gasteiger partial charge in [0, 0.05) is 5.41 Å². The first-order chi connectivity index (χ1) is 7.69. The van der Waals surface area contributed by atoms with Gasteiger partial charge in [0.25, 0.3) is 0 Å². The van der Waals surface area contributed by atoms with Gasteiger partial charge in [0.2, 0.25) is 0 Å². The Labute approximate surface area is 102 Å². The molecule has 0 heterocycles. The van der Waals surface area contributed by atoms with Gasteiger partial charge in [-0.05, 0) is 33.1 Å². The van der Waals surface area contributed by atoms with Crippen molar-refractivity contribution in [3.05, 3.63) is 0 Å². The standard InChI is InChI=1S/C13H21NO3/c1-9(11(16)12(3,4)5)14-17-13(10(2)15)7-6-8-13/h6-8H2,1-5H3/b14-9+. The van der Waals surface area contributed by atoms with E-state index in [0.29, 0.717) is 18.6 Å². The Bertz CT molecular complexity index is 359. The van der Waals surface area contributed by atoms with E-state index in [2.05, 4.69) is 5.16 Å². The molecule has 0 aromatic heterocycles. The van der Waals surface area contributed by atoms with Gasteiger partial charge in [-0.25, -0.2) is 0 Å². The van der Waals surface area contributed by atoms with Crippen LogP contribution in [0.4, 0.5) is 0 Å². The number of oxime groups is 1. The van der Waals surface area contributed by atoms with Crippen LogP contribution in [-0.4, -0.2) is 22.9 Å². The topological polar surface area (TPSA) is 55.7 Å². The number of hydrogen-bond acceptors (Lipinski definition) is 4. The summed E-state index contributed by atoms with van der Waals surface area (Å²) in [5.74, 6) is -0.0703. The molecule has 96 valence electrons. The Morgan fingerprint density at radius 1 is 1.18 bits per heavy atom. The molecule has 0 saturated heterocycles. The highest BCUT2D eigenvalue weighted by Crippen LogP contribution is 2.36. The third-order valence-electron chi connectivity index (χ3n) is 3.17. The molecule has 0 aromatic rings. The van der Waals surface area contributed by atoms with E-state index in [0.717, 1.165) is 6.42 Å². The molecular formula is C13H21NO3. The van der Waals surface area contributed by atoms with Gasteiger partial charge >= 0.3 is 0 Å². The Morgan fingerprint density at radius 3 is 2.00 bits per heavy atom. The SMILES string of the molecule is CC(=O)C1(O/N=C(\C)C(=O)C(C)(C)C)CCC1. The lowest BCUT2D eigenvalue weighted by molar-refractivity contribution is -0.155. The number of carbonyl (C=O) groups excluding carboxylic acids is 2. The lowest BCUT2D eigenvalue weighted by Gasteiger charge is -2.36. The molecule has 0 aromatic carbocycles. The Kier molecular flexibility index (Phi) is 3.74. The molecule has 0 spiro atoms. The summed E-state index contributed by atoms with van der Waals surface area (Å²) in [5.41, 5.74) is -0.913. The molecule has 1 saturated carbocycles. The summed E-state index contributed by atoms with van der Waals surface area (Å²) in [5, 5.41) is 3.85. The number of Topliss-reactive ketones (excluding diaryl/α,β-unsaturated/α-hetero) is 2. The number of hydrogen-bond donors (Lipinski definition) is 0. The summed E-state index contributed by atoms with van der Waals surface area (Å²) in [6, 6.07) is 0. The first-order valence-corrected chi connectivity index (χ1v) is 5.98. The number of rotatable bonds is 4. The Balaban J connectivity index is 2.71. The van der Waals surface area contributed by atoms with E-state index in [9.17, 15) is 9.59 Å². The van der Waals surface area contributed by atoms with Crippen LogP contribution < -0.4 is 0 Å². The van der Waals surface area contributed by atoms with Crippen LogP contribution in [0, 0.1) is 5.41 Å². The first kappa shape index (κ1) is 13.9. The van der Waals surface area contributed by atoms with Crippen molar-refractivity contribution in [2.45, 2.75) is 59.5 Å². The van der Waals surface area contributed by atoms with Crippen molar-refractivity contribution in [3.8, 4) is 0 Å². The minimum Gasteiger partial charge on any atom is -0.381 e. The Morgan fingerprint density at radius 2 is 1.71 bits per heavy atom. The van der Waals surface area contributed by atoms with Crippen LogP contribution in [0.5, 0.6) is 0 Å². The van der Waals surface area contributed by atoms with E-state index < -0.39 is 11.0 Å². The van der Waals surface area contributed by atoms with E-state index in [4.69, 9.17) is 4.84 Å². The van der Waals surface area contributed by atoms with Gasteiger partial charge in [-0.15, -0.1) is 0 Å². The van der Waals surface area contributed by atoms with Gasteiger partial charge in [-0.2, -0.15) is 0 Å². The van der Waals surface area contributed by atoms with Crippen molar-refractivity contribution >= 4 is 17.3 Å². The molecule has 1 fully saturated rings. The van der Waals surface area contributed by atoms with E-state index in [-0.39, 0.29) is 11.6 Å². The maximum Gasteiger partial charge on any atom is 0.194 e. The number of ketones is 2. The monoisotopic (exact) mass is 239 g/mol. The van der Waals surface area contributed by atoms with Crippen molar-refractivity contribution < 1.29 is 14.4 Å². The Hall–Kier alpha value is -1.19. The van der Waals surface area contributed by atoms with Crippen LogP contribution in [0.25, 0.3) is 0 Å². The van der Waals surface area contributed by atoms with Crippen LogP contribution in [0.3, 0.4) is 0 Å². The fraction of sp³-hybridized carbons (Fsp3) is 0.769. The quantitative estimate of drug-likeness (QED) is 0.559. The highest BCUT2D eigenvalue weighted by Gasteiger charge is 2.45. The van der Waals surface area contributed by atoms with Gasteiger partial charge in [0.05, 0.1) is 0 Å². The fourth-order valence-corrected chi connectivity index (χ4v) is 1.75. The smallest absolute Gasteiger partial charge is 0.194 e. The highest BCUT2D eigenvalue weighted by molar-refractivity contribution is 6.40. The molecule has 1 aliphatic rings. The molecule has 0 aliphatic heterocycles. The van der Waals surface area contributed by atoms with Crippen molar-refractivity contribution in [2.24, 2.45) is 10.6 Å². The van der Waals surface area contributed by atoms with Crippen LogP contribution in [0.2, 0.25) is 0 Å². The zero-order chi connectivity index (χ0) is 13.3. The second-order valence-corrected chi connectivity index (χ2v) is 5.75. The molecule has 0 bridgehead atoms. The lowest BCUT2D eigenvalue weighted by atomic mass is 9.77. The molecule has 0 radical (unpaired) electrons. The van der Waals surface area contributed by atoms with E-state index in [1.54, 1.807) is 6.92 Å². The van der Waals surface area contributed by atoms with Crippen molar-refractivity contribution in [3.63, 3.8) is 0 Å². The van der Waals surface area contributed by atoms with Crippen molar-refractivity contribution in [1.29, 1.82) is 0 Å². The normalized spacial score (nSPS) is 19.5. The predicted molar refractivity (Wildman–Crippen MR) is 65.9 cm³/mol. The average Bonchev–Trinajstić information content (AvgIpc) is 2.12. The van der Waals surface area contributed by atoms with E-state index in [1.165, 1.54) is 6.92 Å². The van der Waals surface area contributed by atoms with Crippen LogP contribution in [0.1, 0.15) is 53.9 Å². The van der Waals surface area contributed by atoms with Crippen LogP contribution in [-0.2, 0) is 14.4 Å². The summed E-state index contributed by atoms with van der Waals surface area (Å²) >= 11 is 0. The van der Waals surface area contributed by atoms with Crippen LogP contribution >= 0.6 is 0 Å². The third kappa shape index (κ3) is 2.93. The minimum absolute atomic E-state index is 0.0106. The summed E-state index contributed by atoms with van der Waals surface area (Å²) in [6.45, 7) is 8.63. The summed E-state index contributed by atoms with van der Waals surface area (Å²) in [7, 11) is 0. The number of nitrogens with zero attached hydrogens (tertiary/aromatic N) is 1. The molecule has 4 nitrogen and oxygen atoms in total. The van der Waals surface area contributed by atoms with Gasteiger partial charge in [-0.1, -0.05) is 25.9 Å². The van der Waals surface area contributed by atoms with E-state index >= 15 is 0 Å². The predicted octanol–water partition coefficient (Wildman–Crippen LogP) is 2.51. The zero-order valence-corrected chi connectivity index (χ0v) is 11.3. The second-order valence-electron chi connectivity index (χ2n) is 5.75. The molecule has 17 heavy (non-hydrogen) atoms. The molecule has 1 rings (SSSR count). The highest BCUT2D eigenvalue weighted by atomic mass is 16.7. The molecular weight excluding hydrogens is 218 g/mol. The van der Waals surface area contributed by atoms with Crippen LogP contribution in [0.15, 0.2) is 5.16 Å². The summed E-state index contributed by atoms with van der Waals surface area (Å²) in [6.07, 6.45) is 2.37. The molecule has 0 amide bonds. The first-order valence-electron chi connectivity index (χ1n) is 5.98. The largest absolute Gasteiger partial charge is 0.381 e. The van der Waals surface area contributed by atoms with Gasteiger partial charge in [-0.3, -0.25) is 9.59 Å². The summed E-state index contributed by atoms with van der Waals surface area (Å²) < 4.78 is 0. The minimum atomic E-state index is -0.764. The fourth-order valence-electron chi connectivity index (χ4n) is 1.75. The summed E-state index contributed by atoms with van der Waals surface area (Å²) in [4.78, 5) is 28.6. The average molecular weight is 239 g/mol. The van der Waals surface area contributed by atoms with Gasteiger partial charge < -0.3 is 4.84 Å². The second kappa shape index (κ2) is 4.59. The molecule has 0 atom stereocenters. The molecule has 0 N–H and O–H groups in total. The lowest BCUT2D eigenvalue weighted by Crippen LogP contribution is -2.45. The maximum atomic E-state index is 11.9. The van der Waals surface area contributed by atoms with Gasteiger partial charge in [0.1, 0.15) is 5.71 Å².